The number of carbonyl (C=O) groups excluding carboxylic acids is 2. The average molecular weight is 728 g/mol. The predicted molar refractivity (Wildman–Crippen MR) is 190 cm³/mol. The average Bonchev–Trinajstić information content (AvgIpc) is 3.09. The maximum absolute atomic E-state index is 14.6. The second-order valence-corrected chi connectivity index (χ2v) is 13.9. The number of ether oxygens (including phenoxy) is 1. The predicted octanol–water partition coefficient (Wildman–Crippen LogP) is 6.58. The Morgan fingerprint density at radius 2 is 1.63 bits per heavy atom. The summed E-state index contributed by atoms with van der Waals surface area (Å²) < 4.78 is 34.7. The molecule has 14 heteroatoms. The monoisotopic (exact) mass is 726 g/mol. The Kier molecular flexibility index (Phi) is 12.6. The number of anilines is 1. The Morgan fingerprint density at radius 3 is 2.24 bits per heavy atom. The van der Waals surface area contributed by atoms with Crippen molar-refractivity contribution in [2.75, 3.05) is 24.5 Å². The zero-order chi connectivity index (χ0) is 35.7. The van der Waals surface area contributed by atoms with Crippen molar-refractivity contribution in [3.63, 3.8) is 0 Å². The lowest BCUT2D eigenvalue weighted by molar-refractivity contribution is -0.385. The molecule has 0 spiro atoms. The van der Waals surface area contributed by atoms with E-state index in [2.05, 4.69) is 5.32 Å². The van der Waals surface area contributed by atoms with Crippen molar-refractivity contribution < 1.29 is 27.7 Å². The third kappa shape index (κ3) is 9.28. The number of nitrogens with zero attached hydrogens (tertiary/aromatic N) is 3. The number of nitrogens with one attached hydrogen (secondary N) is 1. The minimum Gasteiger partial charge on any atom is -0.497 e. The van der Waals surface area contributed by atoms with Crippen molar-refractivity contribution in [2.45, 2.75) is 44.2 Å². The van der Waals surface area contributed by atoms with Crippen molar-refractivity contribution in [1.29, 1.82) is 0 Å². The Balaban J connectivity index is 1.85. The number of hydrogen-bond donors (Lipinski definition) is 1. The second-order valence-electron chi connectivity index (χ2n) is 11.2. The van der Waals surface area contributed by atoms with Gasteiger partial charge in [-0.1, -0.05) is 72.6 Å². The Morgan fingerprint density at radius 1 is 0.939 bits per heavy atom. The van der Waals surface area contributed by atoms with E-state index < -0.39 is 39.3 Å². The quantitative estimate of drug-likeness (QED) is 0.108. The third-order valence-electron chi connectivity index (χ3n) is 7.76. The highest BCUT2D eigenvalue weighted by molar-refractivity contribution is 7.92. The minimum atomic E-state index is -4.58. The van der Waals surface area contributed by atoms with Crippen LogP contribution in [0.15, 0.2) is 95.9 Å². The van der Waals surface area contributed by atoms with Gasteiger partial charge in [0, 0.05) is 31.1 Å². The summed E-state index contributed by atoms with van der Waals surface area (Å²) >= 11 is 12.5. The molecule has 2 amide bonds. The van der Waals surface area contributed by atoms with E-state index in [9.17, 15) is 28.1 Å². The first-order valence-electron chi connectivity index (χ1n) is 15.3. The van der Waals surface area contributed by atoms with Crippen LogP contribution in [0.25, 0.3) is 0 Å². The van der Waals surface area contributed by atoms with Gasteiger partial charge < -0.3 is 15.0 Å². The largest absolute Gasteiger partial charge is 0.497 e. The Hall–Kier alpha value is -4.65. The first-order chi connectivity index (χ1) is 23.3. The summed E-state index contributed by atoms with van der Waals surface area (Å²) in [6.07, 6.45) is 0.777. The van der Waals surface area contributed by atoms with E-state index >= 15 is 0 Å². The molecule has 0 heterocycles. The first kappa shape index (κ1) is 37.2. The maximum atomic E-state index is 14.6. The molecule has 0 aliphatic heterocycles. The van der Waals surface area contributed by atoms with E-state index in [1.54, 1.807) is 18.2 Å². The number of aryl methyl sites for hydroxylation is 1. The molecule has 1 atom stereocenters. The SMILES string of the molecule is CCCNC(=O)[C@H](Cc1ccccc1)N(Cc1ccc(Cl)c(Cl)c1)C(=O)CN(c1ccc(OC)cc1)S(=O)(=O)c1ccc(C)c([N+](=O)[O-])c1. The highest BCUT2D eigenvalue weighted by atomic mass is 35.5. The summed E-state index contributed by atoms with van der Waals surface area (Å²) in [5.74, 6) is -0.693. The lowest BCUT2D eigenvalue weighted by atomic mass is 10.0. The normalized spacial score (nSPS) is 11.8. The summed E-state index contributed by atoms with van der Waals surface area (Å²) in [5.41, 5.74) is 1.31. The zero-order valence-electron chi connectivity index (χ0n) is 27.1. The van der Waals surface area contributed by atoms with Crippen LogP contribution in [-0.2, 0) is 32.6 Å². The number of sulfonamides is 1. The Labute approximate surface area is 295 Å². The van der Waals surface area contributed by atoms with Crippen LogP contribution in [0.2, 0.25) is 10.0 Å². The van der Waals surface area contributed by atoms with Crippen molar-refractivity contribution >= 4 is 56.4 Å². The molecule has 1 N–H and O–H groups in total. The topological polar surface area (TPSA) is 139 Å². The van der Waals surface area contributed by atoms with Crippen molar-refractivity contribution in [3.05, 3.63) is 128 Å². The highest BCUT2D eigenvalue weighted by Gasteiger charge is 2.35. The smallest absolute Gasteiger partial charge is 0.273 e. The molecule has 0 saturated carbocycles. The number of nitro groups is 1. The van der Waals surface area contributed by atoms with Gasteiger partial charge in [0.1, 0.15) is 18.3 Å². The van der Waals surface area contributed by atoms with Crippen LogP contribution in [0.5, 0.6) is 5.75 Å². The van der Waals surface area contributed by atoms with Crippen molar-refractivity contribution in [3.8, 4) is 5.75 Å². The molecule has 0 unspecified atom stereocenters. The van der Waals surface area contributed by atoms with Gasteiger partial charge in [-0.2, -0.15) is 0 Å². The van der Waals surface area contributed by atoms with Gasteiger partial charge in [0.15, 0.2) is 0 Å². The van der Waals surface area contributed by atoms with E-state index in [1.807, 2.05) is 37.3 Å². The van der Waals surface area contributed by atoms with Crippen LogP contribution in [0.4, 0.5) is 11.4 Å². The summed E-state index contributed by atoms with van der Waals surface area (Å²) in [7, 11) is -3.12. The number of halogens is 2. The molecule has 0 bridgehead atoms. The zero-order valence-corrected chi connectivity index (χ0v) is 29.5. The standard InChI is InChI=1S/C35H36Cl2N4O7S/c1-4-18-38-35(43)33(20-25-8-6-5-7-9-25)39(22-26-11-17-30(36)31(37)19-26)34(42)23-40(27-12-14-28(48-3)15-13-27)49(46,47)29-16-10-24(2)32(21-29)41(44)45/h5-17,19,21,33H,4,18,20,22-23H2,1-3H3,(H,38,43)/t33-/m0/s1. The van der Waals surface area contributed by atoms with E-state index in [0.717, 1.165) is 15.9 Å². The van der Waals surface area contributed by atoms with E-state index in [0.29, 0.717) is 29.3 Å². The fraction of sp³-hybridized carbons (Fsp3) is 0.257. The Bertz CT molecular complexity index is 1910. The van der Waals surface area contributed by atoms with E-state index in [1.165, 1.54) is 55.3 Å². The van der Waals surface area contributed by atoms with E-state index in [-0.39, 0.29) is 39.8 Å². The van der Waals surface area contributed by atoms with Gasteiger partial charge in [0.05, 0.1) is 32.7 Å². The van der Waals surface area contributed by atoms with Crippen LogP contribution in [-0.4, -0.2) is 56.3 Å². The summed E-state index contributed by atoms with van der Waals surface area (Å²) in [5, 5.41) is 15.1. The van der Waals surface area contributed by atoms with Crippen LogP contribution < -0.4 is 14.4 Å². The third-order valence-corrected chi connectivity index (χ3v) is 10.3. The number of hydrogen-bond acceptors (Lipinski definition) is 7. The molecule has 0 saturated heterocycles. The maximum Gasteiger partial charge on any atom is 0.273 e. The van der Waals surface area contributed by atoms with Crippen LogP contribution in [0.3, 0.4) is 0 Å². The molecule has 0 radical (unpaired) electrons. The summed E-state index contributed by atoms with van der Waals surface area (Å²) in [6, 6.07) is 22.5. The molecule has 258 valence electrons. The highest BCUT2D eigenvalue weighted by Crippen LogP contribution is 2.30. The minimum absolute atomic E-state index is 0.0990. The summed E-state index contributed by atoms with van der Waals surface area (Å²) in [4.78, 5) is 40.3. The van der Waals surface area contributed by atoms with Crippen molar-refractivity contribution in [1.82, 2.24) is 10.2 Å². The summed E-state index contributed by atoms with van der Waals surface area (Å²) in [6.45, 7) is 2.90. The van der Waals surface area contributed by atoms with Crippen LogP contribution in [0.1, 0.15) is 30.0 Å². The molecule has 0 fully saturated rings. The van der Waals surface area contributed by atoms with Gasteiger partial charge in [0.2, 0.25) is 11.8 Å². The molecule has 0 aliphatic carbocycles. The molecule has 0 aliphatic rings. The van der Waals surface area contributed by atoms with Gasteiger partial charge in [-0.3, -0.25) is 24.0 Å². The number of carbonyl (C=O) groups is 2. The molecule has 4 aromatic carbocycles. The fourth-order valence-corrected chi connectivity index (χ4v) is 6.86. The van der Waals surface area contributed by atoms with Crippen LogP contribution in [0, 0.1) is 17.0 Å². The van der Waals surface area contributed by atoms with E-state index in [4.69, 9.17) is 27.9 Å². The number of rotatable bonds is 15. The van der Waals surface area contributed by atoms with Gasteiger partial charge in [-0.05, 0) is 66.9 Å². The van der Waals surface area contributed by atoms with Gasteiger partial charge >= 0.3 is 0 Å². The molecule has 49 heavy (non-hydrogen) atoms. The number of nitro benzene ring substituents is 1. The molecule has 0 aromatic heterocycles. The molecule has 11 nitrogen and oxygen atoms in total. The van der Waals surface area contributed by atoms with Gasteiger partial charge in [0.25, 0.3) is 15.7 Å². The fourth-order valence-electron chi connectivity index (χ4n) is 5.11. The van der Waals surface area contributed by atoms with Crippen LogP contribution >= 0.6 is 23.2 Å². The van der Waals surface area contributed by atoms with Gasteiger partial charge in [-0.15, -0.1) is 0 Å². The molecule has 4 rings (SSSR count). The number of amides is 2. The second kappa shape index (κ2) is 16.6. The molecular weight excluding hydrogens is 691 g/mol. The van der Waals surface area contributed by atoms with Crippen molar-refractivity contribution in [2.24, 2.45) is 0 Å². The molecular formula is C35H36Cl2N4O7S. The number of benzene rings is 4. The lowest BCUT2D eigenvalue weighted by Crippen LogP contribution is -2.53. The lowest BCUT2D eigenvalue weighted by Gasteiger charge is -2.34. The molecule has 4 aromatic rings. The number of methoxy groups -OCH3 is 1. The first-order valence-corrected chi connectivity index (χ1v) is 17.5. The van der Waals surface area contributed by atoms with Gasteiger partial charge in [-0.25, -0.2) is 8.42 Å².